The molecular weight excluding hydrogens is 453 g/mol. The monoisotopic (exact) mass is 465 g/mol. The van der Waals surface area contributed by atoms with Gasteiger partial charge in [-0.25, -0.2) is 9.79 Å². The summed E-state index contributed by atoms with van der Waals surface area (Å²) in [5.74, 6) is 0.311. The van der Waals surface area contributed by atoms with Gasteiger partial charge < -0.3 is 9.47 Å². The second-order valence-electron chi connectivity index (χ2n) is 5.10. The molecule has 0 N–H and O–H groups in total. The Bertz CT molecular complexity index is 905. The highest BCUT2D eigenvalue weighted by Crippen LogP contribution is 2.27. The molecule has 0 radical (unpaired) electrons. The largest absolute Gasteiger partial charge is 0.489 e. The highest BCUT2D eigenvalue weighted by atomic mass is 127. The molecule has 1 aliphatic heterocycles. The predicted octanol–water partition coefficient (Wildman–Crippen LogP) is 4.85. The number of carbonyl (C=O) groups excluding carboxylic acids is 1. The number of hydrogen-bond acceptors (Lipinski definition) is 4. The number of hydrogen-bond donors (Lipinski definition) is 0. The van der Waals surface area contributed by atoms with E-state index >= 15 is 0 Å². The van der Waals surface area contributed by atoms with Crippen LogP contribution in [0.5, 0.6) is 5.75 Å². The fourth-order valence-electron chi connectivity index (χ4n) is 2.21. The fraction of sp³-hybridized carbons (Fsp3) is 0.0526. The zero-order valence-corrected chi connectivity index (χ0v) is 16.0. The molecule has 0 saturated heterocycles. The third kappa shape index (κ3) is 4.11. The molecule has 1 heterocycles. The molecule has 1 aliphatic rings. The van der Waals surface area contributed by atoms with E-state index in [2.05, 4.69) is 34.2 Å². The Morgan fingerprint density at radius 3 is 2.88 bits per heavy atom. The molecule has 0 aliphatic carbocycles. The van der Waals surface area contributed by atoms with Gasteiger partial charge in [0.1, 0.15) is 12.4 Å². The molecule has 0 unspecified atom stereocenters. The van der Waals surface area contributed by atoms with Gasteiger partial charge in [0, 0.05) is 9.13 Å². The summed E-state index contributed by atoms with van der Waals surface area (Å²) in [7, 11) is 0. The Morgan fingerprint density at radius 1 is 1.28 bits per heavy atom. The second-order valence-corrected chi connectivity index (χ2v) is 6.75. The zero-order valence-electron chi connectivity index (χ0n) is 13.0. The van der Waals surface area contributed by atoms with Gasteiger partial charge in [0.05, 0.1) is 10.6 Å². The van der Waals surface area contributed by atoms with Gasteiger partial charge >= 0.3 is 5.97 Å². The maximum Gasteiger partial charge on any atom is 0.363 e. The first kappa shape index (κ1) is 17.7. The number of para-hydroxylation sites is 1. The van der Waals surface area contributed by atoms with Crippen LogP contribution < -0.4 is 4.74 Å². The third-order valence-electron chi connectivity index (χ3n) is 3.35. The van der Waals surface area contributed by atoms with Gasteiger partial charge in [-0.1, -0.05) is 42.5 Å². The van der Waals surface area contributed by atoms with Gasteiger partial charge in [0.15, 0.2) is 5.70 Å². The molecule has 0 fully saturated rings. The molecule has 2 aromatic rings. The van der Waals surface area contributed by atoms with Crippen LogP contribution in [0.25, 0.3) is 6.08 Å². The summed E-state index contributed by atoms with van der Waals surface area (Å²) in [6.45, 7) is 4.00. The number of ether oxygens (including phenoxy) is 2. The quantitative estimate of drug-likeness (QED) is 0.274. The van der Waals surface area contributed by atoms with Crippen LogP contribution in [0.2, 0.25) is 5.02 Å². The first-order chi connectivity index (χ1) is 12.1. The van der Waals surface area contributed by atoms with Crippen LogP contribution in [0.1, 0.15) is 11.1 Å². The molecule has 0 amide bonds. The van der Waals surface area contributed by atoms with Crippen molar-refractivity contribution in [1.82, 2.24) is 0 Å². The number of aliphatic imine (C=N–C) groups is 1. The van der Waals surface area contributed by atoms with E-state index in [1.807, 2.05) is 36.4 Å². The van der Waals surface area contributed by atoms with E-state index in [9.17, 15) is 4.79 Å². The van der Waals surface area contributed by atoms with Gasteiger partial charge in [-0.3, -0.25) is 0 Å². The summed E-state index contributed by atoms with van der Waals surface area (Å²) in [5.41, 5.74) is 1.51. The van der Waals surface area contributed by atoms with E-state index in [1.54, 1.807) is 18.2 Å². The van der Waals surface area contributed by atoms with E-state index in [0.29, 0.717) is 22.9 Å². The predicted molar refractivity (Wildman–Crippen MR) is 107 cm³/mol. The first-order valence-corrected chi connectivity index (χ1v) is 8.85. The summed E-state index contributed by atoms with van der Waals surface area (Å²) in [6, 6.07) is 12.8. The van der Waals surface area contributed by atoms with E-state index in [1.165, 1.54) is 0 Å². The summed E-state index contributed by atoms with van der Waals surface area (Å²) in [6.07, 6.45) is 3.29. The maximum absolute atomic E-state index is 12.2. The SMILES string of the molecule is C=CCOc1ccccc1/C=C1\N=C(c2cc(I)ccc2Cl)OC1=O. The van der Waals surface area contributed by atoms with Gasteiger partial charge in [-0.15, -0.1) is 0 Å². The minimum Gasteiger partial charge on any atom is -0.489 e. The minimum absolute atomic E-state index is 0.194. The van der Waals surface area contributed by atoms with Crippen molar-refractivity contribution in [2.24, 2.45) is 4.99 Å². The number of rotatable bonds is 5. The fourth-order valence-corrected chi connectivity index (χ4v) is 2.90. The number of nitrogens with zero attached hydrogens (tertiary/aromatic N) is 1. The summed E-state index contributed by atoms with van der Waals surface area (Å²) in [5, 5.41) is 0.475. The third-order valence-corrected chi connectivity index (χ3v) is 4.35. The molecule has 4 nitrogen and oxygen atoms in total. The highest BCUT2D eigenvalue weighted by Gasteiger charge is 2.26. The lowest BCUT2D eigenvalue weighted by Crippen LogP contribution is -2.06. The van der Waals surface area contributed by atoms with Crippen molar-refractivity contribution in [2.75, 3.05) is 6.61 Å². The Morgan fingerprint density at radius 2 is 2.08 bits per heavy atom. The molecule has 0 bridgehead atoms. The van der Waals surface area contributed by atoms with Crippen LogP contribution in [-0.4, -0.2) is 18.5 Å². The Kier molecular flexibility index (Phi) is 5.55. The molecule has 0 saturated carbocycles. The number of halogens is 2. The standard InChI is InChI=1S/C19H13ClINO3/c1-2-9-24-17-6-4-3-5-12(17)10-16-19(23)25-18(22-16)14-11-13(21)7-8-15(14)20/h2-8,10-11H,1,9H2/b16-10-. The van der Waals surface area contributed by atoms with Crippen molar-refractivity contribution >= 4 is 52.1 Å². The normalized spacial score (nSPS) is 15.0. The van der Waals surface area contributed by atoms with E-state index < -0.39 is 5.97 Å². The van der Waals surface area contributed by atoms with E-state index in [-0.39, 0.29) is 11.6 Å². The van der Waals surface area contributed by atoms with Crippen LogP contribution in [-0.2, 0) is 9.53 Å². The minimum atomic E-state index is -0.525. The van der Waals surface area contributed by atoms with Crippen molar-refractivity contribution in [3.05, 3.63) is 80.5 Å². The van der Waals surface area contributed by atoms with Crippen molar-refractivity contribution in [2.45, 2.75) is 0 Å². The van der Waals surface area contributed by atoms with Crippen LogP contribution in [0.15, 0.2) is 65.8 Å². The topological polar surface area (TPSA) is 47.9 Å². The van der Waals surface area contributed by atoms with E-state index in [0.717, 1.165) is 9.13 Å². The second kappa shape index (κ2) is 7.84. The Hall–Kier alpha value is -2.12. The molecule has 0 atom stereocenters. The van der Waals surface area contributed by atoms with Gasteiger partial charge in [0.25, 0.3) is 0 Å². The lowest BCUT2D eigenvalue weighted by atomic mass is 10.1. The van der Waals surface area contributed by atoms with Gasteiger partial charge in [-0.2, -0.15) is 0 Å². The number of esters is 1. The Balaban J connectivity index is 1.97. The number of carbonyl (C=O) groups is 1. The molecular formula is C19H13ClINO3. The van der Waals surface area contributed by atoms with Crippen molar-refractivity contribution in [3.8, 4) is 5.75 Å². The molecule has 0 aromatic heterocycles. The molecule has 126 valence electrons. The van der Waals surface area contributed by atoms with Crippen LogP contribution >= 0.6 is 34.2 Å². The van der Waals surface area contributed by atoms with E-state index in [4.69, 9.17) is 21.1 Å². The molecule has 25 heavy (non-hydrogen) atoms. The Labute approximate surface area is 164 Å². The number of benzene rings is 2. The maximum atomic E-state index is 12.2. The number of cyclic esters (lactones) is 1. The smallest absolute Gasteiger partial charge is 0.363 e. The average molecular weight is 466 g/mol. The molecule has 6 heteroatoms. The van der Waals surface area contributed by atoms with Crippen molar-refractivity contribution < 1.29 is 14.3 Å². The zero-order chi connectivity index (χ0) is 17.8. The summed E-state index contributed by atoms with van der Waals surface area (Å²) < 4.78 is 11.8. The van der Waals surface area contributed by atoms with Crippen molar-refractivity contribution in [1.29, 1.82) is 0 Å². The highest BCUT2D eigenvalue weighted by molar-refractivity contribution is 14.1. The van der Waals surface area contributed by atoms with Crippen LogP contribution in [0.4, 0.5) is 0 Å². The van der Waals surface area contributed by atoms with Crippen molar-refractivity contribution in [3.63, 3.8) is 0 Å². The lowest BCUT2D eigenvalue weighted by Gasteiger charge is -2.06. The van der Waals surface area contributed by atoms with Crippen LogP contribution in [0.3, 0.4) is 0 Å². The summed E-state index contributed by atoms with van der Waals surface area (Å²) in [4.78, 5) is 16.5. The van der Waals surface area contributed by atoms with Crippen LogP contribution in [0, 0.1) is 3.57 Å². The molecule has 2 aromatic carbocycles. The van der Waals surface area contributed by atoms with Gasteiger partial charge in [0.2, 0.25) is 5.90 Å². The van der Waals surface area contributed by atoms with Gasteiger partial charge in [-0.05, 0) is 52.9 Å². The first-order valence-electron chi connectivity index (χ1n) is 7.39. The average Bonchev–Trinajstić information content (AvgIpc) is 2.97. The lowest BCUT2D eigenvalue weighted by molar-refractivity contribution is -0.129. The molecule has 0 spiro atoms. The molecule has 3 rings (SSSR count). The summed E-state index contributed by atoms with van der Waals surface area (Å²) >= 11 is 8.35.